The standard InChI is InChI=1S/C16H29N/c1-11-4-3-5-12(2)16(11)17-10-15-9-13-6-7-14(15)8-13/h11-17H,3-10H2,1-2H3. The molecule has 0 radical (unpaired) electrons. The normalized spacial score (nSPS) is 49.8. The molecule has 0 saturated heterocycles. The van der Waals surface area contributed by atoms with E-state index in [9.17, 15) is 0 Å². The molecule has 1 heteroatoms. The van der Waals surface area contributed by atoms with Crippen LogP contribution in [0.3, 0.4) is 0 Å². The number of hydrogen-bond donors (Lipinski definition) is 1. The lowest BCUT2D eigenvalue weighted by atomic mass is 9.78. The molecule has 0 amide bonds. The Kier molecular flexibility index (Phi) is 3.47. The van der Waals surface area contributed by atoms with Crippen LogP contribution >= 0.6 is 0 Å². The maximum Gasteiger partial charge on any atom is 0.0118 e. The van der Waals surface area contributed by atoms with E-state index >= 15 is 0 Å². The molecule has 5 unspecified atom stereocenters. The molecule has 2 bridgehead atoms. The highest BCUT2D eigenvalue weighted by molar-refractivity contribution is 4.92. The maximum absolute atomic E-state index is 3.95. The van der Waals surface area contributed by atoms with Crippen molar-refractivity contribution in [3.63, 3.8) is 0 Å². The first-order valence-corrected chi connectivity index (χ1v) is 7.97. The molecule has 3 rings (SSSR count). The van der Waals surface area contributed by atoms with Gasteiger partial charge in [0.25, 0.3) is 0 Å². The van der Waals surface area contributed by atoms with E-state index in [1.54, 1.807) is 6.42 Å². The Hall–Kier alpha value is -0.0400. The molecule has 98 valence electrons. The van der Waals surface area contributed by atoms with Gasteiger partial charge < -0.3 is 5.32 Å². The Labute approximate surface area is 107 Å². The molecule has 0 aromatic heterocycles. The van der Waals surface area contributed by atoms with Crippen molar-refractivity contribution in [1.29, 1.82) is 0 Å². The molecule has 3 aliphatic rings. The van der Waals surface area contributed by atoms with Gasteiger partial charge in [-0.15, -0.1) is 0 Å². The van der Waals surface area contributed by atoms with Gasteiger partial charge in [0.15, 0.2) is 0 Å². The molecule has 17 heavy (non-hydrogen) atoms. The van der Waals surface area contributed by atoms with E-state index in [0.717, 1.165) is 35.6 Å². The summed E-state index contributed by atoms with van der Waals surface area (Å²) < 4.78 is 0. The largest absolute Gasteiger partial charge is 0.313 e. The SMILES string of the molecule is CC1CCCC(C)C1NCC1CC2CCC1C2. The summed E-state index contributed by atoms with van der Waals surface area (Å²) in [6.07, 6.45) is 10.5. The van der Waals surface area contributed by atoms with Gasteiger partial charge in [0.1, 0.15) is 0 Å². The van der Waals surface area contributed by atoms with Crippen molar-refractivity contribution in [3.8, 4) is 0 Å². The zero-order chi connectivity index (χ0) is 11.8. The van der Waals surface area contributed by atoms with Crippen molar-refractivity contribution < 1.29 is 0 Å². The summed E-state index contributed by atoms with van der Waals surface area (Å²) >= 11 is 0. The van der Waals surface area contributed by atoms with Gasteiger partial charge in [-0.25, -0.2) is 0 Å². The molecule has 0 spiro atoms. The smallest absolute Gasteiger partial charge is 0.0118 e. The van der Waals surface area contributed by atoms with Crippen molar-refractivity contribution in [3.05, 3.63) is 0 Å². The van der Waals surface area contributed by atoms with Crippen molar-refractivity contribution in [2.45, 2.75) is 64.8 Å². The van der Waals surface area contributed by atoms with Crippen molar-refractivity contribution >= 4 is 0 Å². The highest BCUT2D eigenvalue weighted by Crippen LogP contribution is 2.48. The maximum atomic E-state index is 3.95. The average Bonchev–Trinajstić information content (AvgIpc) is 2.90. The fourth-order valence-electron chi connectivity index (χ4n) is 5.00. The number of fused-ring (bicyclic) bond motifs is 2. The Morgan fingerprint density at radius 2 is 1.71 bits per heavy atom. The van der Waals surface area contributed by atoms with Crippen LogP contribution in [0.15, 0.2) is 0 Å². The molecule has 5 atom stereocenters. The predicted molar refractivity (Wildman–Crippen MR) is 72.9 cm³/mol. The van der Waals surface area contributed by atoms with Crippen LogP contribution in [-0.2, 0) is 0 Å². The lowest BCUT2D eigenvalue weighted by Gasteiger charge is -2.37. The minimum Gasteiger partial charge on any atom is -0.313 e. The third-order valence-corrected chi connectivity index (χ3v) is 6.05. The van der Waals surface area contributed by atoms with E-state index in [0.29, 0.717) is 0 Å². The second-order valence-electron chi connectivity index (χ2n) is 7.25. The molecule has 0 heterocycles. The van der Waals surface area contributed by atoms with Gasteiger partial charge in [-0.2, -0.15) is 0 Å². The monoisotopic (exact) mass is 235 g/mol. The summed E-state index contributed by atoms with van der Waals surface area (Å²) in [6.45, 7) is 6.22. The highest BCUT2D eigenvalue weighted by atomic mass is 14.9. The molecule has 1 N–H and O–H groups in total. The fourth-order valence-corrected chi connectivity index (χ4v) is 5.00. The van der Waals surface area contributed by atoms with Gasteiger partial charge in [-0.3, -0.25) is 0 Å². The Morgan fingerprint density at radius 3 is 2.29 bits per heavy atom. The van der Waals surface area contributed by atoms with Gasteiger partial charge in [-0.05, 0) is 68.2 Å². The molecule has 0 aromatic rings. The van der Waals surface area contributed by atoms with Crippen LogP contribution in [0.4, 0.5) is 0 Å². The molecule has 0 aliphatic heterocycles. The van der Waals surface area contributed by atoms with Crippen LogP contribution < -0.4 is 5.32 Å². The third-order valence-electron chi connectivity index (χ3n) is 6.05. The van der Waals surface area contributed by atoms with Crippen molar-refractivity contribution in [2.75, 3.05) is 6.54 Å². The van der Waals surface area contributed by atoms with E-state index in [4.69, 9.17) is 0 Å². The quantitative estimate of drug-likeness (QED) is 0.784. The molecule has 3 saturated carbocycles. The molecular formula is C16H29N. The number of hydrogen-bond acceptors (Lipinski definition) is 1. The Morgan fingerprint density at radius 1 is 0.941 bits per heavy atom. The fraction of sp³-hybridized carbons (Fsp3) is 1.00. The lowest BCUT2D eigenvalue weighted by molar-refractivity contribution is 0.190. The van der Waals surface area contributed by atoms with E-state index in [-0.39, 0.29) is 0 Å². The number of rotatable bonds is 3. The second-order valence-corrected chi connectivity index (χ2v) is 7.25. The first-order chi connectivity index (χ1) is 8.24. The van der Waals surface area contributed by atoms with Crippen LogP contribution in [0.25, 0.3) is 0 Å². The molecule has 3 aliphatic carbocycles. The molecule has 1 nitrogen and oxygen atoms in total. The van der Waals surface area contributed by atoms with Gasteiger partial charge in [0.2, 0.25) is 0 Å². The van der Waals surface area contributed by atoms with Crippen LogP contribution in [0.5, 0.6) is 0 Å². The van der Waals surface area contributed by atoms with E-state index in [1.807, 2.05) is 0 Å². The van der Waals surface area contributed by atoms with Crippen molar-refractivity contribution in [1.82, 2.24) is 5.32 Å². The van der Waals surface area contributed by atoms with E-state index in [1.165, 1.54) is 45.1 Å². The zero-order valence-electron chi connectivity index (χ0n) is 11.6. The summed E-state index contributed by atoms with van der Waals surface area (Å²) in [4.78, 5) is 0. The topological polar surface area (TPSA) is 12.0 Å². The van der Waals surface area contributed by atoms with Crippen molar-refractivity contribution in [2.24, 2.45) is 29.6 Å². The summed E-state index contributed by atoms with van der Waals surface area (Å²) in [5.41, 5.74) is 0. The third kappa shape index (κ3) is 2.41. The van der Waals surface area contributed by atoms with Crippen LogP contribution in [-0.4, -0.2) is 12.6 Å². The first kappa shape index (κ1) is 12.0. The second kappa shape index (κ2) is 4.91. The van der Waals surface area contributed by atoms with E-state index < -0.39 is 0 Å². The van der Waals surface area contributed by atoms with Gasteiger partial charge in [-0.1, -0.05) is 26.7 Å². The van der Waals surface area contributed by atoms with Gasteiger partial charge >= 0.3 is 0 Å². The number of nitrogens with one attached hydrogen (secondary N) is 1. The first-order valence-electron chi connectivity index (χ1n) is 7.97. The average molecular weight is 235 g/mol. The molecule has 0 aromatic carbocycles. The van der Waals surface area contributed by atoms with Crippen LogP contribution in [0.1, 0.15) is 58.8 Å². The van der Waals surface area contributed by atoms with Gasteiger partial charge in [0.05, 0.1) is 0 Å². The van der Waals surface area contributed by atoms with Gasteiger partial charge in [0, 0.05) is 6.04 Å². The molecular weight excluding hydrogens is 206 g/mol. The Balaban J connectivity index is 1.50. The van der Waals surface area contributed by atoms with Crippen LogP contribution in [0.2, 0.25) is 0 Å². The lowest BCUT2D eigenvalue weighted by Crippen LogP contribution is -2.45. The van der Waals surface area contributed by atoms with Crippen LogP contribution in [0, 0.1) is 29.6 Å². The summed E-state index contributed by atoms with van der Waals surface area (Å²) in [5, 5.41) is 3.95. The Bertz CT molecular complexity index is 252. The minimum atomic E-state index is 0.808. The molecule has 3 fully saturated rings. The summed E-state index contributed by atoms with van der Waals surface area (Å²) in [6, 6.07) is 0.808. The summed E-state index contributed by atoms with van der Waals surface area (Å²) in [5.74, 6) is 5.01. The predicted octanol–water partition coefficient (Wildman–Crippen LogP) is 3.84. The van der Waals surface area contributed by atoms with E-state index in [2.05, 4.69) is 19.2 Å². The summed E-state index contributed by atoms with van der Waals surface area (Å²) in [7, 11) is 0. The zero-order valence-corrected chi connectivity index (χ0v) is 11.6. The highest BCUT2D eigenvalue weighted by Gasteiger charge is 2.39. The minimum absolute atomic E-state index is 0.808.